The van der Waals surface area contributed by atoms with Crippen LogP contribution in [0.3, 0.4) is 0 Å². The zero-order valence-electron chi connectivity index (χ0n) is 12.4. The summed E-state index contributed by atoms with van der Waals surface area (Å²) in [5.41, 5.74) is 6.91. The van der Waals surface area contributed by atoms with Gasteiger partial charge in [-0.05, 0) is 18.9 Å². The van der Waals surface area contributed by atoms with Crippen LogP contribution in [-0.4, -0.2) is 54.4 Å². The number of ether oxygens (including phenoxy) is 1. The normalized spacial score (nSPS) is 23.9. The maximum absolute atomic E-state index is 12.6. The predicted octanol–water partition coefficient (Wildman–Crippen LogP) is 0.412. The molecule has 116 valence electrons. The van der Waals surface area contributed by atoms with E-state index in [-0.39, 0.29) is 30.6 Å². The van der Waals surface area contributed by atoms with Crippen LogP contribution in [-0.2, 0) is 16.0 Å². The molecule has 3 unspecified atom stereocenters. The van der Waals surface area contributed by atoms with Crippen LogP contribution in [0.15, 0.2) is 30.3 Å². The molecule has 1 aliphatic rings. The smallest absolute Gasteiger partial charge is 0.227 e. The van der Waals surface area contributed by atoms with Gasteiger partial charge >= 0.3 is 0 Å². The molecule has 1 saturated heterocycles. The Bertz CT molecular complexity index is 452. The van der Waals surface area contributed by atoms with E-state index in [9.17, 15) is 9.90 Å². The Labute approximate surface area is 125 Å². The summed E-state index contributed by atoms with van der Waals surface area (Å²) in [6.07, 6.45) is 0.286. The molecule has 1 aromatic carbocycles. The number of benzene rings is 1. The number of carbonyl (C=O) groups excluding carboxylic acids is 1. The first-order valence-corrected chi connectivity index (χ1v) is 7.43. The molecule has 1 amide bonds. The van der Waals surface area contributed by atoms with E-state index in [4.69, 9.17) is 10.5 Å². The first-order valence-electron chi connectivity index (χ1n) is 7.43. The molecule has 0 bridgehead atoms. The van der Waals surface area contributed by atoms with Gasteiger partial charge in [-0.15, -0.1) is 0 Å². The van der Waals surface area contributed by atoms with E-state index in [1.807, 2.05) is 37.3 Å². The minimum absolute atomic E-state index is 0.0509. The van der Waals surface area contributed by atoms with Crippen LogP contribution in [0.4, 0.5) is 0 Å². The summed E-state index contributed by atoms with van der Waals surface area (Å²) in [5, 5.41) is 9.25. The molecule has 0 aliphatic carbocycles. The van der Waals surface area contributed by atoms with Crippen molar-refractivity contribution in [3.8, 4) is 0 Å². The third kappa shape index (κ3) is 4.27. The Kier molecular flexibility index (Phi) is 5.73. The van der Waals surface area contributed by atoms with E-state index < -0.39 is 0 Å². The summed E-state index contributed by atoms with van der Waals surface area (Å²) in [4.78, 5) is 14.4. The van der Waals surface area contributed by atoms with Crippen LogP contribution < -0.4 is 5.73 Å². The molecule has 1 fully saturated rings. The molecule has 2 rings (SSSR count). The van der Waals surface area contributed by atoms with E-state index in [2.05, 4.69) is 0 Å². The largest absolute Gasteiger partial charge is 0.394 e. The van der Waals surface area contributed by atoms with E-state index >= 15 is 0 Å². The second-order valence-corrected chi connectivity index (χ2v) is 5.62. The Morgan fingerprint density at radius 2 is 2.14 bits per heavy atom. The lowest BCUT2D eigenvalue weighted by atomic mass is 9.97. The third-order valence-electron chi connectivity index (χ3n) is 3.80. The highest BCUT2D eigenvalue weighted by Crippen LogP contribution is 2.16. The van der Waals surface area contributed by atoms with Gasteiger partial charge < -0.3 is 20.5 Å². The van der Waals surface area contributed by atoms with Gasteiger partial charge in [0.25, 0.3) is 0 Å². The first-order chi connectivity index (χ1) is 10.1. The van der Waals surface area contributed by atoms with Crippen molar-refractivity contribution >= 4 is 5.91 Å². The van der Waals surface area contributed by atoms with Crippen molar-refractivity contribution in [2.75, 3.05) is 26.2 Å². The van der Waals surface area contributed by atoms with Crippen molar-refractivity contribution in [2.24, 2.45) is 11.7 Å². The SMILES string of the molecule is CC1CN(C(=O)C(CN)Cc2ccccc2)CC(CO)O1. The maximum atomic E-state index is 12.6. The molecule has 3 atom stereocenters. The first kappa shape index (κ1) is 15.9. The third-order valence-corrected chi connectivity index (χ3v) is 3.80. The highest BCUT2D eigenvalue weighted by Gasteiger charge is 2.31. The molecule has 0 spiro atoms. The summed E-state index contributed by atoms with van der Waals surface area (Å²) in [7, 11) is 0. The highest BCUT2D eigenvalue weighted by atomic mass is 16.5. The van der Waals surface area contributed by atoms with E-state index in [1.165, 1.54) is 0 Å². The molecule has 0 aromatic heterocycles. The van der Waals surface area contributed by atoms with Crippen molar-refractivity contribution in [1.29, 1.82) is 0 Å². The molecule has 5 heteroatoms. The number of hydrogen-bond donors (Lipinski definition) is 2. The van der Waals surface area contributed by atoms with Gasteiger partial charge in [0.15, 0.2) is 0 Å². The number of aliphatic hydroxyl groups excluding tert-OH is 1. The molecule has 3 N–H and O–H groups in total. The average Bonchev–Trinajstić information content (AvgIpc) is 2.52. The Morgan fingerprint density at radius 1 is 1.43 bits per heavy atom. The van der Waals surface area contributed by atoms with Gasteiger partial charge in [0.05, 0.1) is 24.7 Å². The highest BCUT2D eigenvalue weighted by molar-refractivity contribution is 5.79. The van der Waals surface area contributed by atoms with Crippen molar-refractivity contribution < 1.29 is 14.6 Å². The Hall–Kier alpha value is -1.43. The van der Waals surface area contributed by atoms with Crippen LogP contribution >= 0.6 is 0 Å². The molecule has 1 aromatic rings. The summed E-state index contributed by atoms with van der Waals surface area (Å²) in [5.74, 6) is -0.174. The molecule has 5 nitrogen and oxygen atoms in total. The fourth-order valence-electron chi connectivity index (χ4n) is 2.75. The van der Waals surface area contributed by atoms with Crippen LogP contribution in [0.25, 0.3) is 0 Å². The molecular formula is C16H24N2O3. The quantitative estimate of drug-likeness (QED) is 0.824. The molecular weight excluding hydrogens is 268 g/mol. The van der Waals surface area contributed by atoms with Gasteiger partial charge in [0, 0.05) is 19.6 Å². The minimum atomic E-state index is -0.298. The fourth-order valence-corrected chi connectivity index (χ4v) is 2.75. The fraction of sp³-hybridized carbons (Fsp3) is 0.562. The standard InChI is InChI=1S/C16H24N2O3/c1-12-9-18(10-15(11-19)21-12)16(20)14(8-17)7-13-5-3-2-4-6-13/h2-6,12,14-15,19H,7-11,17H2,1H3. The maximum Gasteiger partial charge on any atom is 0.227 e. The van der Waals surface area contributed by atoms with E-state index in [1.54, 1.807) is 4.90 Å². The number of nitrogens with two attached hydrogens (primary N) is 1. The van der Waals surface area contributed by atoms with Gasteiger partial charge in [-0.25, -0.2) is 0 Å². The molecule has 21 heavy (non-hydrogen) atoms. The van der Waals surface area contributed by atoms with Gasteiger partial charge in [0.1, 0.15) is 0 Å². The van der Waals surface area contributed by atoms with Crippen LogP contribution in [0, 0.1) is 5.92 Å². The second kappa shape index (κ2) is 7.54. The molecule has 1 aliphatic heterocycles. The van der Waals surface area contributed by atoms with Crippen LogP contribution in [0.2, 0.25) is 0 Å². The van der Waals surface area contributed by atoms with Crippen molar-refractivity contribution in [1.82, 2.24) is 4.90 Å². The number of morpholine rings is 1. The van der Waals surface area contributed by atoms with Gasteiger partial charge in [-0.3, -0.25) is 4.79 Å². The van der Waals surface area contributed by atoms with Crippen LogP contribution in [0.5, 0.6) is 0 Å². The molecule has 0 saturated carbocycles. The van der Waals surface area contributed by atoms with Crippen molar-refractivity contribution in [3.05, 3.63) is 35.9 Å². The average molecular weight is 292 g/mol. The number of hydrogen-bond acceptors (Lipinski definition) is 4. The van der Waals surface area contributed by atoms with Gasteiger partial charge in [-0.1, -0.05) is 30.3 Å². The lowest BCUT2D eigenvalue weighted by Crippen LogP contribution is -2.53. The van der Waals surface area contributed by atoms with Crippen molar-refractivity contribution in [2.45, 2.75) is 25.6 Å². The number of aliphatic hydroxyl groups is 1. The number of carbonyl (C=O) groups is 1. The number of amides is 1. The molecule has 1 heterocycles. The van der Waals surface area contributed by atoms with Gasteiger partial charge in [0.2, 0.25) is 5.91 Å². The van der Waals surface area contributed by atoms with Gasteiger partial charge in [-0.2, -0.15) is 0 Å². The minimum Gasteiger partial charge on any atom is -0.394 e. The summed E-state index contributed by atoms with van der Waals surface area (Å²) in [6.45, 7) is 3.16. The lowest BCUT2D eigenvalue weighted by Gasteiger charge is -2.37. The zero-order valence-corrected chi connectivity index (χ0v) is 12.4. The molecule has 0 radical (unpaired) electrons. The summed E-state index contributed by atoms with van der Waals surface area (Å²) >= 11 is 0. The Morgan fingerprint density at radius 3 is 2.76 bits per heavy atom. The van der Waals surface area contributed by atoms with Crippen LogP contribution in [0.1, 0.15) is 12.5 Å². The summed E-state index contributed by atoms with van der Waals surface area (Å²) < 4.78 is 5.57. The predicted molar refractivity (Wildman–Crippen MR) is 80.7 cm³/mol. The Balaban J connectivity index is 2.02. The number of nitrogens with zero attached hydrogens (tertiary/aromatic N) is 1. The topological polar surface area (TPSA) is 75.8 Å². The monoisotopic (exact) mass is 292 g/mol. The van der Waals surface area contributed by atoms with E-state index in [0.29, 0.717) is 26.1 Å². The second-order valence-electron chi connectivity index (χ2n) is 5.62. The zero-order chi connectivity index (χ0) is 15.2. The lowest BCUT2D eigenvalue weighted by molar-refractivity contribution is -0.150. The number of rotatable bonds is 5. The summed E-state index contributed by atoms with van der Waals surface area (Å²) in [6, 6.07) is 9.90. The van der Waals surface area contributed by atoms with E-state index in [0.717, 1.165) is 5.56 Å². The van der Waals surface area contributed by atoms with Crippen molar-refractivity contribution in [3.63, 3.8) is 0 Å².